The first-order chi connectivity index (χ1) is 10.4. The van der Waals surface area contributed by atoms with E-state index in [9.17, 15) is 0 Å². The van der Waals surface area contributed by atoms with Crippen molar-refractivity contribution in [3.8, 4) is 0 Å². The Kier molecular flexibility index (Phi) is 3.94. The van der Waals surface area contributed by atoms with Gasteiger partial charge >= 0.3 is 0 Å². The van der Waals surface area contributed by atoms with Crippen LogP contribution in [-0.4, -0.2) is 21.0 Å². The molecule has 0 amide bonds. The van der Waals surface area contributed by atoms with Crippen LogP contribution in [0.5, 0.6) is 0 Å². The van der Waals surface area contributed by atoms with E-state index in [1.165, 1.54) is 6.42 Å². The molecular weight excluding hydrogens is 351 g/mol. The molecule has 1 N–H and O–H groups in total. The molecule has 1 aliphatic rings. The average molecular weight is 369 g/mol. The van der Waals surface area contributed by atoms with Gasteiger partial charge < -0.3 is 5.32 Å². The van der Waals surface area contributed by atoms with Crippen molar-refractivity contribution in [3.63, 3.8) is 0 Å². The van der Waals surface area contributed by atoms with E-state index in [-0.39, 0.29) is 12.4 Å². The van der Waals surface area contributed by atoms with Crippen LogP contribution in [0.3, 0.4) is 0 Å². The lowest BCUT2D eigenvalue weighted by molar-refractivity contribution is 0.630. The summed E-state index contributed by atoms with van der Waals surface area (Å²) >= 11 is 8.01. The third kappa shape index (κ3) is 2.55. The van der Waals surface area contributed by atoms with Crippen LogP contribution in [0.15, 0.2) is 6.33 Å². The fourth-order valence-electron chi connectivity index (χ4n) is 2.88. The fraction of sp³-hybridized carbons (Fsp3) is 0.438. The Morgan fingerprint density at radius 2 is 2.00 bits per heavy atom. The van der Waals surface area contributed by atoms with Crippen molar-refractivity contribution in [1.29, 1.82) is 0 Å². The Hall–Kier alpha value is -1.17. The highest BCUT2D eigenvalue weighted by Crippen LogP contribution is 2.47. The second-order valence-corrected chi connectivity index (χ2v) is 8.09. The van der Waals surface area contributed by atoms with Gasteiger partial charge in [-0.15, -0.1) is 23.7 Å². The fourth-order valence-corrected chi connectivity index (χ4v) is 4.20. The van der Waals surface area contributed by atoms with Gasteiger partial charge in [0, 0.05) is 11.4 Å². The van der Waals surface area contributed by atoms with Crippen LogP contribution in [0.25, 0.3) is 20.4 Å². The van der Waals surface area contributed by atoms with Crippen LogP contribution in [0.1, 0.15) is 31.5 Å². The van der Waals surface area contributed by atoms with E-state index in [1.807, 2.05) is 13.8 Å². The maximum Gasteiger partial charge on any atom is 0.147 e. The summed E-state index contributed by atoms with van der Waals surface area (Å²) in [5.74, 6) is 0.914. The lowest BCUT2D eigenvalue weighted by atomic mass is 10.1. The summed E-state index contributed by atoms with van der Waals surface area (Å²) in [5, 5.41) is 5.33. The second kappa shape index (κ2) is 5.43. The minimum Gasteiger partial charge on any atom is -0.365 e. The van der Waals surface area contributed by atoms with E-state index in [0.717, 1.165) is 42.5 Å². The van der Waals surface area contributed by atoms with Crippen molar-refractivity contribution >= 4 is 61.6 Å². The number of nitrogens with one attached hydrogen (secondary N) is 1. The first-order valence-corrected chi connectivity index (χ1v) is 8.54. The number of aryl methyl sites for hydroxylation is 2. The highest BCUT2D eigenvalue weighted by Gasteiger charge is 2.46. The molecule has 1 unspecified atom stereocenters. The van der Waals surface area contributed by atoms with Gasteiger partial charge in [0.15, 0.2) is 0 Å². The van der Waals surface area contributed by atoms with E-state index in [1.54, 1.807) is 17.7 Å². The molecule has 0 bridgehead atoms. The van der Waals surface area contributed by atoms with Gasteiger partial charge in [0.25, 0.3) is 0 Å². The van der Waals surface area contributed by atoms with Gasteiger partial charge in [-0.25, -0.2) is 15.0 Å². The zero-order chi connectivity index (χ0) is 15.6. The van der Waals surface area contributed by atoms with Gasteiger partial charge in [0.1, 0.15) is 17.0 Å². The maximum absolute atomic E-state index is 6.37. The van der Waals surface area contributed by atoms with Crippen molar-refractivity contribution in [2.24, 2.45) is 5.41 Å². The summed E-state index contributed by atoms with van der Waals surface area (Å²) in [6.07, 6.45) is 2.80. The monoisotopic (exact) mass is 368 g/mol. The van der Waals surface area contributed by atoms with E-state index in [4.69, 9.17) is 11.6 Å². The Bertz CT molecular complexity index is 919. The minimum absolute atomic E-state index is 0. The zero-order valence-electron chi connectivity index (χ0n) is 13.4. The van der Waals surface area contributed by atoms with Crippen LogP contribution < -0.4 is 5.32 Å². The van der Waals surface area contributed by atoms with Crippen molar-refractivity contribution in [2.45, 2.75) is 40.2 Å². The zero-order valence-corrected chi connectivity index (χ0v) is 15.8. The minimum atomic E-state index is 0. The molecule has 1 aliphatic carbocycles. The van der Waals surface area contributed by atoms with Gasteiger partial charge in [-0.1, -0.05) is 25.4 Å². The number of fused-ring (bicyclic) bond motifs is 3. The van der Waals surface area contributed by atoms with E-state index in [0.29, 0.717) is 11.5 Å². The molecule has 0 radical (unpaired) electrons. The topological polar surface area (TPSA) is 50.7 Å². The normalized spacial score (nSPS) is 18.9. The quantitative estimate of drug-likeness (QED) is 0.679. The van der Waals surface area contributed by atoms with E-state index in [2.05, 4.69) is 34.1 Å². The van der Waals surface area contributed by atoms with Crippen LogP contribution in [0.2, 0.25) is 5.02 Å². The summed E-state index contributed by atoms with van der Waals surface area (Å²) in [4.78, 5) is 14.5. The molecule has 0 aliphatic heterocycles. The van der Waals surface area contributed by atoms with E-state index < -0.39 is 0 Å². The number of hydrogen-bond donors (Lipinski definition) is 1. The van der Waals surface area contributed by atoms with Crippen molar-refractivity contribution in [3.05, 3.63) is 22.6 Å². The van der Waals surface area contributed by atoms with Gasteiger partial charge in [-0.3, -0.25) is 0 Å². The lowest BCUT2D eigenvalue weighted by Crippen LogP contribution is -2.09. The molecule has 4 rings (SSSR count). The Labute approximate surface area is 150 Å². The van der Waals surface area contributed by atoms with Crippen molar-refractivity contribution in [2.75, 3.05) is 5.32 Å². The number of anilines is 1. The van der Waals surface area contributed by atoms with Crippen LogP contribution in [0, 0.1) is 19.3 Å². The number of hydrogen-bond acceptors (Lipinski definition) is 5. The second-order valence-electron chi connectivity index (χ2n) is 6.71. The highest BCUT2D eigenvalue weighted by molar-refractivity contribution is 7.26. The predicted octanol–water partition coefficient (Wildman–Crippen LogP) is 5.14. The smallest absolute Gasteiger partial charge is 0.147 e. The van der Waals surface area contributed by atoms with Gasteiger partial charge in [-0.2, -0.15) is 0 Å². The van der Waals surface area contributed by atoms with E-state index >= 15 is 0 Å². The summed E-state index contributed by atoms with van der Waals surface area (Å²) in [5.41, 5.74) is 3.21. The van der Waals surface area contributed by atoms with Crippen molar-refractivity contribution in [1.82, 2.24) is 15.0 Å². The summed E-state index contributed by atoms with van der Waals surface area (Å²) < 4.78 is 1.07. The number of halogens is 2. The Morgan fingerprint density at radius 3 is 2.65 bits per heavy atom. The van der Waals surface area contributed by atoms with Gasteiger partial charge in [0.2, 0.25) is 0 Å². The molecule has 0 saturated heterocycles. The highest BCUT2D eigenvalue weighted by atomic mass is 35.5. The third-order valence-corrected chi connectivity index (χ3v) is 6.21. The first kappa shape index (κ1) is 16.7. The predicted molar refractivity (Wildman–Crippen MR) is 100 cm³/mol. The number of aromatic nitrogens is 3. The Morgan fingerprint density at radius 1 is 1.30 bits per heavy atom. The number of rotatable bonds is 2. The molecule has 122 valence electrons. The van der Waals surface area contributed by atoms with Crippen LogP contribution in [-0.2, 0) is 0 Å². The summed E-state index contributed by atoms with van der Waals surface area (Å²) in [6.45, 7) is 8.51. The lowest BCUT2D eigenvalue weighted by Gasteiger charge is -2.07. The molecule has 7 heteroatoms. The largest absolute Gasteiger partial charge is 0.365 e. The average Bonchev–Trinajstić information content (AvgIpc) is 2.90. The molecule has 0 spiro atoms. The van der Waals surface area contributed by atoms with Gasteiger partial charge in [-0.05, 0) is 31.2 Å². The van der Waals surface area contributed by atoms with Crippen LogP contribution >= 0.6 is 35.3 Å². The third-order valence-electron chi connectivity index (χ3n) is 4.57. The molecule has 3 aromatic heterocycles. The molecular formula is C16H18Cl2N4S. The first-order valence-electron chi connectivity index (χ1n) is 7.35. The number of nitrogens with zero attached hydrogens (tertiary/aromatic N) is 3. The molecule has 3 aromatic rings. The molecule has 23 heavy (non-hydrogen) atoms. The molecule has 4 nitrogen and oxygen atoms in total. The number of thiophene rings is 1. The number of pyridine rings is 1. The summed E-state index contributed by atoms with van der Waals surface area (Å²) in [6, 6.07) is 0.482. The Balaban J connectivity index is 0.00000156. The molecule has 0 aromatic carbocycles. The maximum atomic E-state index is 6.37. The standard InChI is InChI=1S/C16H17ClN4S.ClH/c1-7-10-12-13(22-15(10)20-8(2)11(7)17)14(19-6-18-12)21-9-5-16(9,3)4;/h6,9H,5H2,1-4H3,(H,18,19,21);1H. The molecule has 1 atom stereocenters. The SMILES string of the molecule is Cc1nc2sc3c(NC4CC4(C)C)ncnc3c2c(C)c1Cl.Cl. The molecule has 1 saturated carbocycles. The van der Waals surface area contributed by atoms with Gasteiger partial charge in [0.05, 0.1) is 20.9 Å². The molecule has 3 heterocycles. The summed E-state index contributed by atoms with van der Waals surface area (Å²) in [7, 11) is 0. The van der Waals surface area contributed by atoms with Crippen molar-refractivity contribution < 1.29 is 0 Å². The molecule has 1 fully saturated rings. The van der Waals surface area contributed by atoms with Crippen LogP contribution in [0.4, 0.5) is 5.82 Å².